The lowest BCUT2D eigenvalue weighted by Gasteiger charge is -2.18. The van der Waals surface area contributed by atoms with Crippen LogP contribution in [0.4, 0.5) is 4.39 Å². The summed E-state index contributed by atoms with van der Waals surface area (Å²) in [5.41, 5.74) is 2.91. The van der Waals surface area contributed by atoms with E-state index in [-0.39, 0.29) is 11.7 Å². The van der Waals surface area contributed by atoms with Gasteiger partial charge in [0.25, 0.3) is 5.91 Å². The lowest BCUT2D eigenvalue weighted by molar-refractivity contribution is -0.127. The van der Waals surface area contributed by atoms with Crippen LogP contribution in [0, 0.1) is 19.7 Å². The van der Waals surface area contributed by atoms with Gasteiger partial charge in [-0.3, -0.25) is 4.79 Å². The summed E-state index contributed by atoms with van der Waals surface area (Å²) in [7, 11) is 0. The molecule has 0 aliphatic carbocycles. The Morgan fingerprint density at radius 3 is 2.54 bits per heavy atom. The Hall–Kier alpha value is -2.01. The molecular weight excluding hydrogens is 349 g/mol. The molecule has 1 amide bonds. The fourth-order valence-electron chi connectivity index (χ4n) is 2.65. The Kier molecular flexibility index (Phi) is 7.98. The molecule has 2 aromatic rings. The number of ether oxygens (including phenoxy) is 1. The van der Waals surface area contributed by atoms with Gasteiger partial charge in [0.05, 0.1) is 0 Å². The normalized spacial score (nSPS) is 11.8. The predicted octanol–water partition coefficient (Wildman–Crippen LogP) is 4.65. The fourth-order valence-corrected chi connectivity index (χ4v) is 3.49. The summed E-state index contributed by atoms with van der Waals surface area (Å²) >= 11 is 1.59. The molecule has 0 aliphatic rings. The van der Waals surface area contributed by atoms with Gasteiger partial charge in [0.15, 0.2) is 6.10 Å². The highest BCUT2D eigenvalue weighted by Crippen LogP contribution is 2.19. The molecule has 0 saturated carbocycles. The number of carbonyl (C=O) groups is 1. The summed E-state index contributed by atoms with van der Waals surface area (Å²) < 4.78 is 19.4. The van der Waals surface area contributed by atoms with Crippen LogP contribution in [-0.4, -0.2) is 24.3 Å². The van der Waals surface area contributed by atoms with Crippen molar-refractivity contribution in [3.63, 3.8) is 0 Å². The van der Waals surface area contributed by atoms with Gasteiger partial charge in [0, 0.05) is 18.1 Å². The van der Waals surface area contributed by atoms with Crippen LogP contribution in [0.2, 0.25) is 0 Å². The third-order valence-corrected chi connectivity index (χ3v) is 4.91. The highest BCUT2D eigenvalue weighted by molar-refractivity contribution is 7.98. The second kappa shape index (κ2) is 10.2. The lowest BCUT2D eigenvalue weighted by Crippen LogP contribution is -2.39. The van der Waals surface area contributed by atoms with Crippen molar-refractivity contribution in [2.75, 3.05) is 12.3 Å². The average molecular weight is 376 g/mol. The molecule has 1 atom stereocenters. The van der Waals surface area contributed by atoms with Crippen molar-refractivity contribution in [3.8, 4) is 5.75 Å². The van der Waals surface area contributed by atoms with Crippen molar-refractivity contribution in [1.82, 2.24) is 5.32 Å². The van der Waals surface area contributed by atoms with Gasteiger partial charge in [-0.05, 0) is 55.2 Å². The first-order chi connectivity index (χ1) is 12.5. The number of halogens is 1. The summed E-state index contributed by atoms with van der Waals surface area (Å²) in [6.45, 7) is 6.48. The van der Waals surface area contributed by atoms with Gasteiger partial charge in [-0.2, -0.15) is 11.8 Å². The van der Waals surface area contributed by atoms with Gasteiger partial charge in [0.1, 0.15) is 11.6 Å². The van der Waals surface area contributed by atoms with Crippen LogP contribution < -0.4 is 10.1 Å². The molecule has 5 heteroatoms. The summed E-state index contributed by atoms with van der Waals surface area (Å²) in [4.78, 5) is 12.3. The van der Waals surface area contributed by atoms with E-state index in [9.17, 15) is 9.18 Å². The fraction of sp³-hybridized carbons (Fsp3) is 0.381. The number of nitrogens with one attached hydrogen (secondary N) is 1. The zero-order valence-corrected chi connectivity index (χ0v) is 16.4. The predicted molar refractivity (Wildman–Crippen MR) is 106 cm³/mol. The monoisotopic (exact) mass is 375 g/mol. The molecule has 0 saturated heterocycles. The van der Waals surface area contributed by atoms with E-state index >= 15 is 0 Å². The maximum absolute atomic E-state index is 13.5. The van der Waals surface area contributed by atoms with E-state index in [2.05, 4.69) is 11.4 Å². The van der Waals surface area contributed by atoms with Crippen molar-refractivity contribution in [3.05, 3.63) is 65.0 Å². The van der Waals surface area contributed by atoms with E-state index in [0.717, 1.165) is 22.6 Å². The van der Waals surface area contributed by atoms with Gasteiger partial charge in [-0.1, -0.05) is 31.2 Å². The molecule has 0 fully saturated rings. The van der Waals surface area contributed by atoms with E-state index in [4.69, 9.17) is 4.74 Å². The van der Waals surface area contributed by atoms with E-state index < -0.39 is 6.10 Å². The van der Waals surface area contributed by atoms with Crippen LogP contribution >= 0.6 is 11.8 Å². The number of carbonyl (C=O) groups excluding carboxylic acids is 1. The number of amides is 1. The molecule has 0 spiro atoms. The lowest BCUT2D eigenvalue weighted by atomic mass is 10.1. The minimum atomic E-state index is -0.507. The summed E-state index contributed by atoms with van der Waals surface area (Å²) in [6, 6.07) is 12.7. The molecular formula is C21H26FNO2S. The molecule has 0 aromatic heterocycles. The van der Waals surface area contributed by atoms with Crippen LogP contribution in [0.3, 0.4) is 0 Å². The van der Waals surface area contributed by atoms with Gasteiger partial charge >= 0.3 is 0 Å². The molecule has 3 nitrogen and oxygen atoms in total. The Morgan fingerprint density at radius 2 is 1.88 bits per heavy atom. The molecule has 0 radical (unpaired) electrons. The van der Waals surface area contributed by atoms with Crippen LogP contribution in [0.15, 0.2) is 42.5 Å². The zero-order valence-electron chi connectivity index (χ0n) is 15.5. The molecule has 0 heterocycles. The molecule has 2 rings (SSSR count). The smallest absolute Gasteiger partial charge is 0.261 e. The highest BCUT2D eigenvalue weighted by atomic mass is 32.2. The SMILES string of the molecule is CC[C@H](Oc1cc(C)cc(C)c1)C(=O)NCCSCc1ccccc1F. The average Bonchev–Trinajstić information content (AvgIpc) is 2.60. The number of hydrogen-bond acceptors (Lipinski definition) is 3. The first-order valence-electron chi connectivity index (χ1n) is 8.83. The number of thioether (sulfide) groups is 1. The van der Waals surface area contributed by atoms with Gasteiger partial charge in [-0.15, -0.1) is 0 Å². The second-order valence-corrected chi connectivity index (χ2v) is 7.38. The van der Waals surface area contributed by atoms with Crippen LogP contribution in [0.1, 0.15) is 30.0 Å². The van der Waals surface area contributed by atoms with E-state index in [1.165, 1.54) is 6.07 Å². The number of aryl methyl sites for hydroxylation is 2. The third kappa shape index (κ3) is 6.37. The maximum atomic E-state index is 13.5. The minimum absolute atomic E-state index is 0.113. The van der Waals surface area contributed by atoms with E-state index in [0.29, 0.717) is 24.3 Å². The molecule has 0 aliphatic heterocycles. The molecule has 1 N–H and O–H groups in total. The van der Waals surface area contributed by atoms with Crippen molar-refractivity contribution in [2.45, 2.75) is 39.0 Å². The number of rotatable bonds is 9. The summed E-state index contributed by atoms with van der Waals surface area (Å²) in [6.07, 6.45) is 0.0917. The van der Waals surface area contributed by atoms with Crippen molar-refractivity contribution < 1.29 is 13.9 Å². The van der Waals surface area contributed by atoms with E-state index in [1.807, 2.05) is 39.0 Å². The number of benzene rings is 2. The standard InChI is InChI=1S/C21H26FNO2S/c1-4-20(25-18-12-15(2)11-16(3)13-18)21(24)23-9-10-26-14-17-7-5-6-8-19(17)22/h5-8,11-13,20H,4,9-10,14H2,1-3H3,(H,23,24)/t20-/m0/s1. The third-order valence-electron chi connectivity index (χ3n) is 3.90. The molecule has 26 heavy (non-hydrogen) atoms. The van der Waals surface area contributed by atoms with E-state index in [1.54, 1.807) is 23.9 Å². The van der Waals surface area contributed by atoms with Crippen LogP contribution in [0.5, 0.6) is 5.75 Å². The Labute approximate surface area is 159 Å². The summed E-state index contributed by atoms with van der Waals surface area (Å²) in [5.74, 6) is 1.74. The molecule has 0 bridgehead atoms. The maximum Gasteiger partial charge on any atom is 0.261 e. The minimum Gasteiger partial charge on any atom is -0.481 e. The van der Waals surface area contributed by atoms with Crippen LogP contribution in [0.25, 0.3) is 0 Å². The van der Waals surface area contributed by atoms with Crippen LogP contribution in [-0.2, 0) is 10.5 Å². The largest absolute Gasteiger partial charge is 0.481 e. The Balaban J connectivity index is 1.75. The van der Waals surface area contributed by atoms with Crippen molar-refractivity contribution >= 4 is 17.7 Å². The van der Waals surface area contributed by atoms with Gasteiger partial charge in [0.2, 0.25) is 0 Å². The Morgan fingerprint density at radius 1 is 1.19 bits per heavy atom. The topological polar surface area (TPSA) is 38.3 Å². The number of hydrogen-bond donors (Lipinski definition) is 1. The zero-order chi connectivity index (χ0) is 18.9. The summed E-state index contributed by atoms with van der Waals surface area (Å²) in [5, 5.41) is 2.91. The first-order valence-corrected chi connectivity index (χ1v) is 9.99. The molecule has 0 unspecified atom stereocenters. The quantitative estimate of drug-likeness (QED) is 0.649. The van der Waals surface area contributed by atoms with Crippen molar-refractivity contribution in [2.24, 2.45) is 0 Å². The molecule has 2 aromatic carbocycles. The van der Waals surface area contributed by atoms with Gasteiger partial charge < -0.3 is 10.1 Å². The second-order valence-electron chi connectivity index (χ2n) is 6.27. The Bertz CT molecular complexity index is 715. The molecule has 140 valence electrons. The van der Waals surface area contributed by atoms with Gasteiger partial charge in [-0.25, -0.2) is 4.39 Å². The highest BCUT2D eigenvalue weighted by Gasteiger charge is 2.18. The van der Waals surface area contributed by atoms with Crippen molar-refractivity contribution in [1.29, 1.82) is 0 Å². The first kappa shape index (κ1) is 20.3.